The molecule has 0 saturated heterocycles. The second-order valence-electron chi connectivity index (χ2n) is 20.8. The predicted octanol–water partition coefficient (Wildman–Crippen LogP) is 17.9. The normalized spacial score (nSPS) is 13.7. The first-order chi connectivity index (χ1) is 32.0. The van der Waals surface area contributed by atoms with E-state index in [1.165, 1.54) is 154 Å². The number of ketones is 1. The van der Waals surface area contributed by atoms with E-state index in [1.807, 2.05) is 0 Å². The molecule has 0 aliphatic heterocycles. The molecule has 390 valence electrons. The summed E-state index contributed by atoms with van der Waals surface area (Å²) in [5, 5.41) is 46.4. The number of rotatable bonds is 53. The molecule has 0 spiro atoms. The molecule has 4 N–H and O–H groups in total. The Morgan fingerprint density at radius 1 is 0.288 bits per heavy atom. The van der Waals surface area contributed by atoms with Crippen molar-refractivity contribution in [2.24, 2.45) is 10.8 Å². The minimum Gasteiger partial charge on any atom is -0.481 e. The quantitative estimate of drug-likeness (QED) is 0.0348. The average Bonchev–Trinajstić information content (AvgIpc) is 3.29. The summed E-state index contributed by atoms with van der Waals surface area (Å²) in [4.78, 5) is 55.6. The molecule has 2 atom stereocenters. The summed E-state index contributed by atoms with van der Waals surface area (Å²) in [6.07, 6.45) is 45.0. The van der Waals surface area contributed by atoms with Gasteiger partial charge in [0, 0.05) is 6.42 Å². The van der Waals surface area contributed by atoms with E-state index in [0.29, 0.717) is 32.1 Å². The Balaban J connectivity index is 5.93. The fourth-order valence-electron chi connectivity index (χ4n) is 10.8. The van der Waals surface area contributed by atoms with Crippen LogP contribution in [0.5, 0.6) is 0 Å². The topological polar surface area (TPSA) is 149 Å². The second-order valence-corrected chi connectivity index (χ2v) is 20.8. The van der Waals surface area contributed by atoms with Gasteiger partial charge in [-0.2, -0.15) is 0 Å². The van der Waals surface area contributed by atoms with Crippen molar-refractivity contribution in [3.05, 3.63) is 0 Å². The summed E-state index contributed by atoms with van der Waals surface area (Å²) in [5.74, 6) is -6.00. The Labute approximate surface area is 407 Å². The third-order valence-corrected chi connectivity index (χ3v) is 15.2. The minimum atomic E-state index is -3.33. The average molecular weight is 936 g/mol. The lowest BCUT2D eigenvalue weighted by Crippen LogP contribution is -2.72. The first-order valence-corrected chi connectivity index (χ1v) is 29.0. The summed E-state index contributed by atoms with van der Waals surface area (Å²) in [6, 6.07) is 0. The molecule has 0 aliphatic carbocycles. The van der Waals surface area contributed by atoms with Gasteiger partial charge in [-0.05, 0) is 25.7 Å². The van der Waals surface area contributed by atoms with Crippen LogP contribution in [0.4, 0.5) is 0 Å². The zero-order valence-corrected chi connectivity index (χ0v) is 44.2. The molecule has 0 saturated carbocycles. The van der Waals surface area contributed by atoms with E-state index in [9.17, 15) is 39.6 Å². The Hall–Kier alpha value is -1.96. The number of hydrogen-bond donors (Lipinski definition) is 4. The van der Waals surface area contributed by atoms with Gasteiger partial charge in [-0.25, -0.2) is 4.79 Å². The Morgan fingerprint density at radius 3 is 0.712 bits per heavy atom. The van der Waals surface area contributed by atoms with Gasteiger partial charge in [-0.15, -0.1) is 0 Å². The number of carboxylic acids is 3. The summed E-state index contributed by atoms with van der Waals surface area (Å²) in [7, 11) is 0. The minimum absolute atomic E-state index is 0.186. The van der Waals surface area contributed by atoms with Crippen LogP contribution in [-0.4, -0.2) is 49.7 Å². The van der Waals surface area contributed by atoms with E-state index < -0.39 is 46.5 Å². The molecular weight excluding hydrogens is 825 g/mol. The maximum absolute atomic E-state index is 14.3. The third-order valence-electron chi connectivity index (χ3n) is 15.2. The van der Waals surface area contributed by atoms with Crippen molar-refractivity contribution in [1.29, 1.82) is 0 Å². The van der Waals surface area contributed by atoms with E-state index in [2.05, 4.69) is 20.8 Å². The summed E-state index contributed by atoms with van der Waals surface area (Å²) < 4.78 is 0. The van der Waals surface area contributed by atoms with Gasteiger partial charge in [-0.1, -0.05) is 297 Å². The maximum atomic E-state index is 14.3. The van der Waals surface area contributed by atoms with Crippen LogP contribution < -0.4 is 0 Å². The van der Waals surface area contributed by atoms with Gasteiger partial charge < -0.3 is 20.4 Å². The second kappa shape index (κ2) is 43.1. The van der Waals surface area contributed by atoms with Crippen LogP contribution in [0.15, 0.2) is 0 Å². The summed E-state index contributed by atoms with van der Waals surface area (Å²) in [6.45, 7) is 8.44. The lowest BCUT2D eigenvalue weighted by Gasteiger charge is -2.50. The number of unbranched alkanes of at least 4 members (excludes halogenated alkanes) is 39. The molecule has 0 aliphatic rings. The highest BCUT2D eigenvalue weighted by Gasteiger charge is 2.75. The number of aliphatic carboxylic acids is 3. The highest BCUT2D eigenvalue weighted by molar-refractivity contribution is 6.10. The van der Waals surface area contributed by atoms with E-state index in [1.54, 1.807) is 6.92 Å². The highest BCUT2D eigenvalue weighted by Crippen LogP contribution is 2.55. The molecule has 0 aromatic heterocycles. The monoisotopic (exact) mass is 935 g/mol. The van der Waals surface area contributed by atoms with Crippen LogP contribution in [0.1, 0.15) is 329 Å². The number of carbonyl (C=O) groups excluding carboxylic acids is 1. The van der Waals surface area contributed by atoms with Crippen molar-refractivity contribution in [3.63, 3.8) is 0 Å². The van der Waals surface area contributed by atoms with Crippen LogP contribution >= 0.6 is 0 Å². The van der Waals surface area contributed by atoms with Crippen molar-refractivity contribution in [2.75, 3.05) is 0 Å². The number of hydrogen-bond acceptors (Lipinski definition) is 5. The third kappa shape index (κ3) is 26.1. The van der Waals surface area contributed by atoms with Gasteiger partial charge >= 0.3 is 17.9 Å². The standard InChI is InChI=1S/C58H110O8/c1-5-9-12-15-18-21-24-27-30-33-36-39-42-45-49-56(53(60)61,50-46-43-40-37-34-31-28-25-22-19-16-13-10-6-2)58(66,55(64)65)57(54(62)63,52(59)48-8-4)51-47-44-41-38-35-32-29-26-23-20-17-14-11-7-3/h66H,5-51H2,1-4H3,(H,60,61)(H,62,63)(H,64,65). The maximum Gasteiger partial charge on any atom is 0.338 e. The molecule has 8 nitrogen and oxygen atoms in total. The molecule has 0 rings (SSSR count). The molecule has 0 fully saturated rings. The van der Waals surface area contributed by atoms with Gasteiger partial charge in [0.1, 0.15) is 5.41 Å². The van der Waals surface area contributed by atoms with Crippen molar-refractivity contribution in [3.8, 4) is 0 Å². The largest absolute Gasteiger partial charge is 0.481 e. The molecule has 0 amide bonds. The molecule has 2 unspecified atom stereocenters. The number of aliphatic hydroxyl groups is 1. The van der Waals surface area contributed by atoms with Crippen molar-refractivity contribution in [2.45, 2.75) is 335 Å². The molecule has 0 bridgehead atoms. The van der Waals surface area contributed by atoms with Crippen molar-refractivity contribution >= 4 is 23.7 Å². The van der Waals surface area contributed by atoms with Crippen LogP contribution in [0.25, 0.3) is 0 Å². The van der Waals surface area contributed by atoms with Crippen LogP contribution in [0, 0.1) is 10.8 Å². The molecular formula is C58H110O8. The van der Waals surface area contributed by atoms with Crippen LogP contribution in [0.3, 0.4) is 0 Å². The van der Waals surface area contributed by atoms with Gasteiger partial charge in [0.25, 0.3) is 0 Å². The van der Waals surface area contributed by atoms with E-state index in [-0.39, 0.29) is 32.1 Å². The highest BCUT2D eigenvalue weighted by atomic mass is 16.4. The summed E-state index contributed by atoms with van der Waals surface area (Å²) in [5.41, 5.74) is -8.45. The zero-order chi connectivity index (χ0) is 49.0. The molecule has 66 heavy (non-hydrogen) atoms. The fraction of sp³-hybridized carbons (Fsp3) is 0.931. The Morgan fingerprint density at radius 2 is 0.515 bits per heavy atom. The van der Waals surface area contributed by atoms with Gasteiger partial charge in [0.15, 0.2) is 11.2 Å². The summed E-state index contributed by atoms with van der Waals surface area (Å²) >= 11 is 0. The molecule has 0 heterocycles. The number of carbonyl (C=O) groups is 4. The smallest absolute Gasteiger partial charge is 0.338 e. The Bertz CT molecular complexity index is 1140. The van der Waals surface area contributed by atoms with Crippen molar-refractivity contribution in [1.82, 2.24) is 0 Å². The fourth-order valence-corrected chi connectivity index (χ4v) is 10.8. The van der Waals surface area contributed by atoms with E-state index in [0.717, 1.165) is 77.0 Å². The lowest BCUT2D eigenvalue weighted by molar-refractivity contribution is -0.224. The molecule has 0 aromatic carbocycles. The number of Topliss-reactive ketones (excluding diaryl/α,β-unsaturated/α-hetero) is 1. The van der Waals surface area contributed by atoms with Gasteiger partial charge in [0.05, 0.1) is 0 Å². The number of carboxylic acid groups (broad SMARTS) is 3. The van der Waals surface area contributed by atoms with Gasteiger partial charge in [0.2, 0.25) is 5.60 Å². The SMILES string of the molecule is CCCCCCCCCCCCCCCCC(CCCCCCCCCCCCCCCC)(C(=O)O)C(O)(C(=O)O)C(CCCCCCCCCCCCCCCC)(C(=O)O)C(=O)CCC. The van der Waals surface area contributed by atoms with Gasteiger partial charge in [-0.3, -0.25) is 14.4 Å². The molecule has 0 aromatic rings. The zero-order valence-electron chi connectivity index (χ0n) is 44.2. The van der Waals surface area contributed by atoms with Crippen LogP contribution in [0.2, 0.25) is 0 Å². The first-order valence-electron chi connectivity index (χ1n) is 29.0. The van der Waals surface area contributed by atoms with Crippen molar-refractivity contribution < 1.29 is 39.6 Å². The first kappa shape index (κ1) is 64.0. The molecule has 0 radical (unpaired) electrons. The van der Waals surface area contributed by atoms with Crippen LogP contribution in [-0.2, 0) is 19.2 Å². The Kier molecular flexibility index (Phi) is 41.8. The molecule has 8 heteroatoms. The lowest BCUT2D eigenvalue weighted by atomic mass is 9.51. The predicted molar refractivity (Wildman–Crippen MR) is 277 cm³/mol. The van der Waals surface area contributed by atoms with E-state index >= 15 is 0 Å². The van der Waals surface area contributed by atoms with E-state index in [4.69, 9.17) is 0 Å².